The Morgan fingerprint density at radius 3 is 2.71 bits per heavy atom. The van der Waals surface area contributed by atoms with Crippen LogP contribution in [0.3, 0.4) is 0 Å². The number of nitrogens with zero attached hydrogens (tertiary/aromatic N) is 1. The van der Waals surface area contributed by atoms with Crippen LogP contribution >= 0.6 is 0 Å². The van der Waals surface area contributed by atoms with Crippen LogP contribution in [-0.4, -0.2) is 19.6 Å². The lowest BCUT2D eigenvalue weighted by Gasteiger charge is -2.30. The van der Waals surface area contributed by atoms with Gasteiger partial charge < -0.3 is 15.4 Å². The molecule has 14 heavy (non-hydrogen) atoms. The Hall–Kier alpha value is -1.71. The molecular weight excluding hydrogens is 180 g/mol. The topological polar surface area (TPSA) is 55.6 Å². The van der Waals surface area contributed by atoms with Crippen molar-refractivity contribution in [2.45, 2.75) is 6.42 Å². The number of anilines is 2. The van der Waals surface area contributed by atoms with E-state index in [9.17, 15) is 4.79 Å². The second kappa shape index (κ2) is 3.21. The molecule has 2 rings (SSSR count). The molecule has 0 atom stereocenters. The largest absolute Gasteiger partial charge is 0.495 e. The van der Waals surface area contributed by atoms with Crippen LogP contribution in [0.25, 0.3) is 0 Å². The third-order valence-corrected chi connectivity index (χ3v) is 2.38. The molecule has 0 bridgehead atoms. The fourth-order valence-corrected chi connectivity index (χ4v) is 1.48. The van der Waals surface area contributed by atoms with Gasteiger partial charge in [0.15, 0.2) is 0 Å². The number of β-lactam (4-membered cyclic amide) rings is 1. The predicted molar refractivity (Wildman–Crippen MR) is 54.4 cm³/mol. The van der Waals surface area contributed by atoms with E-state index in [4.69, 9.17) is 10.5 Å². The summed E-state index contributed by atoms with van der Waals surface area (Å²) in [4.78, 5) is 12.9. The molecule has 1 heterocycles. The fourth-order valence-electron chi connectivity index (χ4n) is 1.48. The maximum atomic E-state index is 11.2. The highest BCUT2D eigenvalue weighted by atomic mass is 16.5. The third-order valence-electron chi connectivity index (χ3n) is 2.38. The highest BCUT2D eigenvalue weighted by molar-refractivity contribution is 5.99. The van der Waals surface area contributed by atoms with Crippen molar-refractivity contribution in [1.29, 1.82) is 0 Å². The molecule has 1 aliphatic heterocycles. The van der Waals surface area contributed by atoms with Gasteiger partial charge in [0.2, 0.25) is 5.91 Å². The van der Waals surface area contributed by atoms with Gasteiger partial charge in [-0.2, -0.15) is 0 Å². The first-order valence-corrected chi connectivity index (χ1v) is 4.46. The van der Waals surface area contributed by atoms with E-state index < -0.39 is 0 Å². The van der Waals surface area contributed by atoms with Crippen molar-refractivity contribution < 1.29 is 9.53 Å². The molecule has 4 heteroatoms. The Morgan fingerprint density at radius 1 is 1.50 bits per heavy atom. The van der Waals surface area contributed by atoms with E-state index >= 15 is 0 Å². The lowest BCUT2D eigenvalue weighted by atomic mass is 10.1. The van der Waals surface area contributed by atoms with E-state index in [2.05, 4.69) is 0 Å². The van der Waals surface area contributed by atoms with Gasteiger partial charge in [0.25, 0.3) is 0 Å². The monoisotopic (exact) mass is 192 g/mol. The second-order valence-electron chi connectivity index (χ2n) is 3.22. The van der Waals surface area contributed by atoms with Gasteiger partial charge in [-0.15, -0.1) is 0 Å². The number of rotatable bonds is 2. The lowest BCUT2D eigenvalue weighted by molar-refractivity contribution is -0.122. The number of carbonyl (C=O) groups excluding carboxylic acids is 1. The molecule has 0 aromatic heterocycles. The second-order valence-corrected chi connectivity index (χ2v) is 3.22. The SMILES string of the molecule is COc1ccc(N2CCC2=O)cc1N. The Morgan fingerprint density at radius 2 is 2.29 bits per heavy atom. The molecule has 0 spiro atoms. The minimum Gasteiger partial charge on any atom is -0.495 e. The normalized spacial score (nSPS) is 15.2. The Kier molecular flexibility index (Phi) is 2.04. The van der Waals surface area contributed by atoms with Crippen LogP contribution in [0.15, 0.2) is 18.2 Å². The van der Waals surface area contributed by atoms with Gasteiger partial charge in [-0.05, 0) is 18.2 Å². The summed E-state index contributed by atoms with van der Waals surface area (Å²) in [6.45, 7) is 0.782. The summed E-state index contributed by atoms with van der Waals surface area (Å²) < 4.78 is 5.03. The van der Waals surface area contributed by atoms with Crippen LogP contribution < -0.4 is 15.4 Å². The Balaban J connectivity index is 2.28. The minimum atomic E-state index is 0.148. The molecule has 0 unspecified atom stereocenters. The number of ether oxygens (including phenoxy) is 1. The third kappa shape index (κ3) is 1.28. The van der Waals surface area contributed by atoms with E-state index in [1.54, 1.807) is 24.1 Å². The number of amides is 1. The number of nitrogens with two attached hydrogens (primary N) is 1. The van der Waals surface area contributed by atoms with Crippen molar-refractivity contribution in [3.8, 4) is 5.75 Å². The molecule has 1 amide bonds. The molecule has 4 nitrogen and oxygen atoms in total. The maximum Gasteiger partial charge on any atom is 0.228 e. The molecular formula is C10H12N2O2. The molecule has 1 fully saturated rings. The zero-order valence-electron chi connectivity index (χ0n) is 7.99. The molecule has 2 N–H and O–H groups in total. The van der Waals surface area contributed by atoms with Gasteiger partial charge in [0.1, 0.15) is 5.75 Å². The van der Waals surface area contributed by atoms with Gasteiger partial charge in [0.05, 0.1) is 12.8 Å². The number of nitrogen functional groups attached to an aromatic ring is 1. The molecule has 0 saturated carbocycles. The number of benzene rings is 1. The number of methoxy groups -OCH3 is 1. The summed E-state index contributed by atoms with van der Waals surface area (Å²) in [6.07, 6.45) is 0.631. The van der Waals surface area contributed by atoms with Crippen LogP contribution in [0.1, 0.15) is 6.42 Å². The van der Waals surface area contributed by atoms with Crippen molar-refractivity contribution in [2.24, 2.45) is 0 Å². The van der Waals surface area contributed by atoms with Crippen molar-refractivity contribution in [1.82, 2.24) is 0 Å². The Labute approximate surface area is 82.3 Å². The Bertz CT molecular complexity index is 376. The quantitative estimate of drug-likeness (QED) is 0.562. The summed E-state index contributed by atoms with van der Waals surface area (Å²) in [6, 6.07) is 5.37. The zero-order valence-corrected chi connectivity index (χ0v) is 7.99. The van der Waals surface area contributed by atoms with Crippen LogP contribution in [0.4, 0.5) is 11.4 Å². The van der Waals surface area contributed by atoms with E-state index in [1.807, 2.05) is 6.07 Å². The minimum absolute atomic E-state index is 0.148. The molecule has 74 valence electrons. The zero-order chi connectivity index (χ0) is 10.1. The van der Waals surface area contributed by atoms with E-state index in [0.29, 0.717) is 17.9 Å². The van der Waals surface area contributed by atoms with Gasteiger partial charge in [-0.3, -0.25) is 4.79 Å². The van der Waals surface area contributed by atoms with Crippen LogP contribution in [0.5, 0.6) is 5.75 Å². The summed E-state index contributed by atoms with van der Waals surface area (Å²) in [5.74, 6) is 0.788. The summed E-state index contributed by atoms with van der Waals surface area (Å²) in [7, 11) is 1.57. The fraction of sp³-hybridized carbons (Fsp3) is 0.300. The predicted octanol–water partition coefficient (Wildman–Crippen LogP) is 1.01. The summed E-state index contributed by atoms with van der Waals surface area (Å²) in [5, 5.41) is 0. The van der Waals surface area contributed by atoms with Gasteiger partial charge in [0, 0.05) is 18.7 Å². The first-order chi connectivity index (χ1) is 6.72. The van der Waals surface area contributed by atoms with Crippen molar-refractivity contribution in [3.05, 3.63) is 18.2 Å². The molecule has 0 radical (unpaired) electrons. The number of carbonyl (C=O) groups is 1. The standard InChI is InChI=1S/C10H12N2O2/c1-14-9-3-2-7(6-8(9)11)12-5-4-10(12)13/h2-3,6H,4-5,11H2,1H3. The van der Waals surface area contributed by atoms with Crippen molar-refractivity contribution in [2.75, 3.05) is 24.3 Å². The molecule has 1 saturated heterocycles. The maximum absolute atomic E-state index is 11.2. The average Bonchev–Trinajstić information content (AvgIpc) is 2.16. The van der Waals surface area contributed by atoms with Gasteiger partial charge in [-0.25, -0.2) is 0 Å². The van der Waals surface area contributed by atoms with E-state index in [0.717, 1.165) is 12.2 Å². The van der Waals surface area contributed by atoms with E-state index in [-0.39, 0.29) is 5.91 Å². The molecule has 1 aromatic carbocycles. The van der Waals surface area contributed by atoms with Gasteiger partial charge >= 0.3 is 0 Å². The van der Waals surface area contributed by atoms with Crippen LogP contribution in [-0.2, 0) is 4.79 Å². The molecule has 1 aliphatic rings. The highest BCUT2D eigenvalue weighted by Crippen LogP contribution is 2.29. The first kappa shape index (κ1) is 8.87. The number of hydrogen-bond acceptors (Lipinski definition) is 3. The van der Waals surface area contributed by atoms with Gasteiger partial charge in [-0.1, -0.05) is 0 Å². The lowest BCUT2D eigenvalue weighted by Crippen LogP contribution is -2.43. The smallest absolute Gasteiger partial charge is 0.228 e. The molecule has 1 aromatic rings. The van der Waals surface area contributed by atoms with E-state index in [1.165, 1.54) is 0 Å². The summed E-state index contributed by atoms with van der Waals surface area (Å²) >= 11 is 0. The molecule has 0 aliphatic carbocycles. The first-order valence-electron chi connectivity index (χ1n) is 4.46. The number of hydrogen-bond donors (Lipinski definition) is 1. The average molecular weight is 192 g/mol. The van der Waals surface area contributed by atoms with Crippen LogP contribution in [0.2, 0.25) is 0 Å². The highest BCUT2D eigenvalue weighted by Gasteiger charge is 2.25. The van der Waals surface area contributed by atoms with Crippen molar-refractivity contribution >= 4 is 17.3 Å². The van der Waals surface area contributed by atoms with Crippen molar-refractivity contribution in [3.63, 3.8) is 0 Å². The van der Waals surface area contributed by atoms with Crippen LogP contribution in [0, 0.1) is 0 Å². The summed E-state index contributed by atoms with van der Waals surface area (Å²) in [5.41, 5.74) is 7.14.